The van der Waals surface area contributed by atoms with Crippen LogP contribution in [0.5, 0.6) is 0 Å². The summed E-state index contributed by atoms with van der Waals surface area (Å²) >= 11 is 0. The molecule has 4 bridgehead atoms. The summed E-state index contributed by atoms with van der Waals surface area (Å²) < 4.78 is 14.3. The third kappa shape index (κ3) is 9.30. The predicted octanol–water partition coefficient (Wildman–Crippen LogP) is 7.92. The summed E-state index contributed by atoms with van der Waals surface area (Å²) in [6, 6.07) is 45.0. The largest absolute Gasteiger partial charge is 0.467 e. The normalized spacial score (nSPS) is 21.5. The molecule has 0 aromatic heterocycles. The number of nitrogens with zero attached hydrogens (tertiary/aromatic N) is 3. The minimum absolute atomic E-state index is 0.0463. The van der Waals surface area contributed by atoms with Gasteiger partial charge in [0.2, 0.25) is 23.3 Å². The second-order valence-electron chi connectivity index (χ2n) is 19.6. The van der Waals surface area contributed by atoms with Gasteiger partial charge in [-0.15, -0.1) is 0 Å². The lowest BCUT2D eigenvalue weighted by molar-refractivity contribution is -0.580. The number of hydrogen-bond donors (Lipinski definition) is 3. The molecule has 7 aromatic rings. The number of nitrogens with one attached hydrogen (secondary N) is 3. The van der Waals surface area contributed by atoms with Crippen molar-refractivity contribution in [2.24, 2.45) is 0 Å². The van der Waals surface area contributed by atoms with Crippen LogP contribution >= 0.6 is 0 Å². The molecule has 0 radical (unpaired) electrons. The second kappa shape index (κ2) is 22.3. The van der Waals surface area contributed by atoms with Gasteiger partial charge < -0.3 is 30.2 Å². The van der Waals surface area contributed by atoms with Crippen LogP contribution in [0.15, 0.2) is 164 Å². The maximum Gasteiger partial charge on any atom is 0.353 e. The van der Waals surface area contributed by atoms with Gasteiger partial charge in [-0.05, 0) is 51.2 Å². The van der Waals surface area contributed by atoms with Gasteiger partial charge in [0, 0.05) is 71.1 Å². The number of nitro benzene ring substituents is 1. The molecule has 6 aliphatic carbocycles. The van der Waals surface area contributed by atoms with Crippen molar-refractivity contribution in [3.63, 3.8) is 0 Å². The number of rotatable bonds is 9. The number of fused-ring (bicyclic) bond motifs is 4. The Morgan fingerprint density at radius 1 is 0.543 bits per heavy atom. The molecule has 3 amide bonds. The van der Waals surface area contributed by atoms with E-state index in [1.165, 1.54) is 42.1 Å². The van der Waals surface area contributed by atoms with Gasteiger partial charge in [0.1, 0.15) is 5.70 Å². The van der Waals surface area contributed by atoms with Crippen molar-refractivity contribution in [2.45, 2.75) is 67.6 Å². The van der Waals surface area contributed by atoms with Crippen molar-refractivity contribution >= 4 is 62.9 Å². The van der Waals surface area contributed by atoms with Crippen molar-refractivity contribution in [1.82, 2.24) is 16.0 Å². The highest BCUT2D eigenvalue weighted by Crippen LogP contribution is 2.62. The average Bonchev–Trinajstić information content (AvgIpc) is 3.08. The molecule has 2 atom stereocenters. The van der Waals surface area contributed by atoms with Crippen molar-refractivity contribution in [2.75, 3.05) is 21.3 Å². The van der Waals surface area contributed by atoms with Gasteiger partial charge in [-0.25, -0.2) is 14.4 Å². The molecule has 0 aliphatic heterocycles. The van der Waals surface area contributed by atoms with E-state index < -0.39 is 62.7 Å². The van der Waals surface area contributed by atoms with Gasteiger partial charge in [0.25, 0.3) is 11.2 Å². The lowest BCUT2D eigenvalue weighted by atomic mass is 9.51. The molecule has 21 nitrogen and oxygen atoms in total. The van der Waals surface area contributed by atoms with Crippen LogP contribution < -0.4 is 16.0 Å². The van der Waals surface area contributed by atoms with Crippen molar-refractivity contribution in [3.05, 3.63) is 239 Å². The second-order valence-corrected chi connectivity index (χ2v) is 19.6. The first-order valence-corrected chi connectivity index (χ1v) is 25.1. The number of esters is 3. The molecule has 0 spiro atoms. The molecule has 81 heavy (non-hydrogen) atoms. The molecule has 0 saturated carbocycles. The topological polar surface area (TPSA) is 296 Å². The summed E-state index contributed by atoms with van der Waals surface area (Å²) in [5, 5.41) is 47.2. The zero-order valence-corrected chi connectivity index (χ0v) is 44.7. The Morgan fingerprint density at radius 2 is 0.975 bits per heavy atom. The Hall–Kier alpha value is -10.2. The number of ether oxygens (including phenoxy) is 3. The van der Waals surface area contributed by atoms with E-state index in [0.717, 1.165) is 21.9 Å². The van der Waals surface area contributed by atoms with Crippen molar-refractivity contribution < 1.29 is 57.7 Å². The lowest BCUT2D eigenvalue weighted by Gasteiger charge is -2.53. The summed E-state index contributed by atoms with van der Waals surface area (Å²) in [6.45, 7) is 7.09. The van der Waals surface area contributed by atoms with Crippen LogP contribution in [0.25, 0.3) is 21.5 Å². The number of benzene rings is 7. The van der Waals surface area contributed by atoms with Crippen LogP contribution in [0.2, 0.25) is 0 Å². The number of methoxy groups -OCH3 is 3. The SMILES string of the molecule is C=C(NC(C)=O)C(=O)OC.COC(=O)C1(NC(C)=O)CC2([N+](=O)[O-])c3ccccc3C1c1ccccc12.COC(=O)C1(NC(C)=O)CC2c3ccccc3C1([N+](=O)[O-])c1ccccc12.O=[N+]([O-])c1c2ccccc2cc2ccccc12. The Bertz CT molecular complexity index is 3640. The van der Waals surface area contributed by atoms with Gasteiger partial charge in [0.15, 0.2) is 5.54 Å². The summed E-state index contributed by atoms with van der Waals surface area (Å²) in [5.74, 6) is -4.26. The van der Waals surface area contributed by atoms with E-state index in [1.807, 2.05) is 66.7 Å². The first-order valence-electron chi connectivity index (χ1n) is 25.1. The molecule has 6 aliphatic rings. The van der Waals surface area contributed by atoms with E-state index in [1.54, 1.807) is 84.9 Å². The van der Waals surface area contributed by atoms with Crippen LogP contribution in [0.3, 0.4) is 0 Å². The number of hydrogen-bond acceptors (Lipinski definition) is 15. The molecule has 7 aromatic carbocycles. The number of carbonyl (C=O) groups is 6. The fraction of sp³-hybridized carbons (Fsp3) is 0.233. The van der Waals surface area contributed by atoms with Crippen molar-refractivity contribution in [1.29, 1.82) is 0 Å². The molecule has 414 valence electrons. The molecule has 0 saturated heterocycles. The van der Waals surface area contributed by atoms with Crippen LogP contribution in [-0.2, 0) is 54.1 Å². The van der Waals surface area contributed by atoms with Crippen LogP contribution in [0.4, 0.5) is 5.69 Å². The zero-order valence-electron chi connectivity index (χ0n) is 44.7. The van der Waals surface area contributed by atoms with E-state index in [9.17, 15) is 59.1 Å². The standard InChI is InChI=1S/2C20H18N2O5.C14H9NO2.C6H9NO3/c1-12(23)21-19(18(24)27-2)11-15-13-7-3-5-9-16(13)20(19,22(25)26)17-10-6-4-8-14(15)17;1-12(23)21-19(18(24)27-2)11-20(22(25)26)15-9-5-3-7-13(15)17(19)14-8-4-6-10-16(14)20;16-15(17)14-12-7-3-1-5-10(12)9-11-6-2-4-8-13(11)14;1-4(6(9)10-3)7-5(2)8/h3-10,15H,11H2,1-2H3,(H,21,23);3-10,17H,11H2,1-2H3,(H,21,23);1-9H;1H2,2-3H3,(H,7,8). The minimum atomic E-state index is -1.96. The van der Waals surface area contributed by atoms with Crippen LogP contribution in [-0.4, -0.2) is 82.8 Å². The highest BCUT2D eigenvalue weighted by atomic mass is 16.6. The molecule has 13 rings (SSSR count). The fourth-order valence-electron chi connectivity index (χ4n) is 12.4. The smallest absolute Gasteiger partial charge is 0.353 e. The maximum atomic E-state index is 13.0. The minimum Gasteiger partial charge on any atom is -0.467 e. The van der Waals surface area contributed by atoms with Crippen LogP contribution in [0.1, 0.15) is 90.0 Å². The van der Waals surface area contributed by atoms with Gasteiger partial charge in [-0.2, -0.15) is 0 Å². The Kier molecular flexibility index (Phi) is 15.7. The number of amides is 3. The van der Waals surface area contributed by atoms with Gasteiger partial charge in [-0.1, -0.05) is 140 Å². The van der Waals surface area contributed by atoms with Crippen LogP contribution in [0, 0.1) is 30.3 Å². The summed E-state index contributed by atoms with van der Waals surface area (Å²) in [6.07, 6.45) is -0.133. The first kappa shape index (κ1) is 57.0. The highest BCUT2D eigenvalue weighted by Gasteiger charge is 2.76. The van der Waals surface area contributed by atoms with E-state index in [-0.39, 0.29) is 45.9 Å². The molecule has 0 fully saturated rings. The number of nitro groups is 3. The predicted molar refractivity (Wildman–Crippen MR) is 294 cm³/mol. The lowest BCUT2D eigenvalue weighted by Crippen LogP contribution is -2.74. The first-order chi connectivity index (χ1) is 38.6. The molecular formula is C60H54N6O15. The van der Waals surface area contributed by atoms with E-state index in [2.05, 4.69) is 27.3 Å². The molecule has 21 heteroatoms. The molecule has 0 heterocycles. The Balaban J connectivity index is 0.000000150. The zero-order chi connectivity index (χ0) is 58.8. The monoisotopic (exact) mass is 1100 g/mol. The number of non-ortho nitro benzene ring substituents is 1. The summed E-state index contributed by atoms with van der Waals surface area (Å²) in [4.78, 5) is 106. The van der Waals surface area contributed by atoms with Gasteiger partial charge in [-0.3, -0.25) is 44.7 Å². The highest BCUT2D eigenvalue weighted by molar-refractivity contribution is 6.08. The quantitative estimate of drug-likeness (QED) is 0.0309. The average molecular weight is 1100 g/mol. The van der Waals surface area contributed by atoms with E-state index >= 15 is 0 Å². The third-order valence-corrected chi connectivity index (χ3v) is 15.2. The Morgan fingerprint density at radius 3 is 1.38 bits per heavy atom. The third-order valence-electron chi connectivity index (χ3n) is 15.2. The summed E-state index contributed by atoms with van der Waals surface area (Å²) in [7, 11) is 3.62. The molecule has 3 N–H and O–H groups in total. The number of carbonyl (C=O) groups excluding carboxylic acids is 6. The van der Waals surface area contributed by atoms with E-state index in [0.29, 0.717) is 44.2 Å². The van der Waals surface area contributed by atoms with E-state index in [4.69, 9.17) is 9.47 Å². The molecule has 2 unspecified atom stereocenters. The summed E-state index contributed by atoms with van der Waals surface area (Å²) in [5.41, 5.74) is -1.94. The van der Waals surface area contributed by atoms with Crippen molar-refractivity contribution in [3.8, 4) is 0 Å². The van der Waals surface area contributed by atoms with Gasteiger partial charge in [0.05, 0.1) is 43.4 Å². The van der Waals surface area contributed by atoms with Gasteiger partial charge >= 0.3 is 23.4 Å². The Labute approximate surface area is 462 Å². The fourth-order valence-corrected chi connectivity index (χ4v) is 12.4. The maximum absolute atomic E-state index is 13.0. The molecular weight excluding hydrogens is 1040 g/mol.